The third kappa shape index (κ3) is 5.74. The summed E-state index contributed by atoms with van der Waals surface area (Å²) in [5.74, 6) is -0.696. The van der Waals surface area contributed by atoms with E-state index in [2.05, 4.69) is 0 Å². The second-order valence-corrected chi connectivity index (χ2v) is 9.37. The molecular formula is C26H26N2O6S. The summed E-state index contributed by atoms with van der Waals surface area (Å²) in [5, 5.41) is -0.470. The summed E-state index contributed by atoms with van der Waals surface area (Å²) >= 11 is 0.794. The molecule has 0 bridgehead atoms. The molecule has 2 aromatic carbocycles. The molecule has 2 heterocycles. The topological polar surface area (TPSA) is 93.2 Å². The van der Waals surface area contributed by atoms with Crippen molar-refractivity contribution >= 4 is 40.9 Å². The van der Waals surface area contributed by atoms with Crippen LogP contribution in [0.1, 0.15) is 40.7 Å². The zero-order valence-electron chi connectivity index (χ0n) is 19.6. The molecule has 9 heteroatoms. The molecule has 0 atom stereocenters. The lowest BCUT2D eigenvalue weighted by atomic mass is 10.1. The Hall–Kier alpha value is -3.59. The van der Waals surface area contributed by atoms with Crippen LogP contribution in [0, 0.1) is 6.92 Å². The summed E-state index contributed by atoms with van der Waals surface area (Å²) in [6.45, 7) is 2.99. The van der Waals surface area contributed by atoms with Gasteiger partial charge in [0.1, 0.15) is 6.54 Å². The zero-order valence-corrected chi connectivity index (χ0v) is 20.4. The summed E-state index contributed by atoms with van der Waals surface area (Å²) in [6.07, 6.45) is 4.52. The smallest absolute Gasteiger partial charge is 0.343 e. The number of carbonyl (C=O) groups excluding carboxylic acids is 4. The highest BCUT2D eigenvalue weighted by molar-refractivity contribution is 8.18. The van der Waals surface area contributed by atoms with E-state index in [1.807, 2.05) is 19.1 Å². The van der Waals surface area contributed by atoms with Crippen LogP contribution in [0.3, 0.4) is 0 Å². The van der Waals surface area contributed by atoms with Crippen LogP contribution in [0.4, 0.5) is 4.79 Å². The molecule has 2 aliphatic rings. The maximum Gasteiger partial charge on any atom is 0.343 e. The molecule has 4 rings (SSSR count). The Labute approximate surface area is 207 Å². The Morgan fingerprint density at radius 3 is 2.40 bits per heavy atom. The number of hydrogen-bond acceptors (Lipinski definition) is 7. The lowest BCUT2D eigenvalue weighted by Crippen LogP contribution is -2.44. The van der Waals surface area contributed by atoms with Gasteiger partial charge in [0.25, 0.3) is 11.1 Å². The number of rotatable bonds is 6. The van der Waals surface area contributed by atoms with Crippen LogP contribution in [0.25, 0.3) is 6.08 Å². The average Bonchev–Trinajstić information content (AvgIpc) is 3.13. The first kappa shape index (κ1) is 24.5. The van der Waals surface area contributed by atoms with Crippen molar-refractivity contribution in [2.45, 2.75) is 26.2 Å². The van der Waals surface area contributed by atoms with Crippen LogP contribution < -0.4 is 9.47 Å². The Morgan fingerprint density at radius 1 is 1.00 bits per heavy atom. The molecule has 3 amide bonds. The Balaban J connectivity index is 1.46. The third-order valence-corrected chi connectivity index (χ3v) is 6.76. The van der Waals surface area contributed by atoms with Crippen molar-refractivity contribution in [1.82, 2.24) is 9.80 Å². The first-order valence-electron chi connectivity index (χ1n) is 11.4. The van der Waals surface area contributed by atoms with E-state index in [-0.39, 0.29) is 23.1 Å². The number of likely N-dealkylation sites (tertiary alicyclic amines) is 1. The molecule has 0 unspecified atom stereocenters. The van der Waals surface area contributed by atoms with E-state index in [1.165, 1.54) is 7.11 Å². The standard InChI is InChI=1S/C26H26N2O6S/c1-17-6-9-19(10-7-17)25(31)34-20-11-8-18(14-21(20)33-2)15-22-24(30)28(26(32)35-22)16-23(29)27-12-4-3-5-13-27/h6-11,14-15H,3-5,12-13,16H2,1-2H3/b22-15-. The van der Waals surface area contributed by atoms with Gasteiger partial charge in [0.2, 0.25) is 5.91 Å². The maximum absolute atomic E-state index is 12.8. The van der Waals surface area contributed by atoms with Crippen LogP contribution in [0.2, 0.25) is 0 Å². The predicted octanol–water partition coefficient (Wildman–Crippen LogP) is 4.27. The van der Waals surface area contributed by atoms with Gasteiger partial charge in [-0.1, -0.05) is 23.8 Å². The van der Waals surface area contributed by atoms with Gasteiger partial charge in [0.05, 0.1) is 17.6 Å². The largest absolute Gasteiger partial charge is 0.493 e. The van der Waals surface area contributed by atoms with Crippen LogP contribution >= 0.6 is 11.8 Å². The van der Waals surface area contributed by atoms with E-state index in [1.54, 1.807) is 41.3 Å². The number of ether oxygens (including phenoxy) is 2. The first-order chi connectivity index (χ1) is 16.9. The van der Waals surface area contributed by atoms with Crippen molar-refractivity contribution in [3.63, 3.8) is 0 Å². The Bertz CT molecular complexity index is 1180. The summed E-state index contributed by atoms with van der Waals surface area (Å²) in [5.41, 5.74) is 2.03. The van der Waals surface area contributed by atoms with E-state index in [0.717, 1.165) is 41.5 Å². The molecule has 0 saturated carbocycles. The molecular weight excluding hydrogens is 468 g/mol. The second-order valence-electron chi connectivity index (χ2n) is 8.38. The summed E-state index contributed by atoms with van der Waals surface area (Å²) in [6, 6.07) is 11.9. The van der Waals surface area contributed by atoms with Crippen molar-refractivity contribution < 1.29 is 28.7 Å². The highest BCUT2D eigenvalue weighted by atomic mass is 32.2. The number of benzene rings is 2. The van der Waals surface area contributed by atoms with Crippen LogP contribution in [-0.4, -0.2) is 59.6 Å². The number of hydrogen-bond donors (Lipinski definition) is 0. The highest BCUT2D eigenvalue weighted by Gasteiger charge is 2.37. The second kappa shape index (κ2) is 10.8. The molecule has 0 spiro atoms. The van der Waals surface area contributed by atoms with Gasteiger partial charge in [0.15, 0.2) is 11.5 Å². The van der Waals surface area contributed by atoms with E-state index >= 15 is 0 Å². The van der Waals surface area contributed by atoms with Crippen molar-refractivity contribution in [3.05, 3.63) is 64.1 Å². The van der Waals surface area contributed by atoms with Crippen molar-refractivity contribution in [2.24, 2.45) is 0 Å². The number of aryl methyl sites for hydroxylation is 1. The molecule has 35 heavy (non-hydrogen) atoms. The van der Waals surface area contributed by atoms with Crippen molar-refractivity contribution in [3.8, 4) is 11.5 Å². The number of amides is 3. The van der Waals surface area contributed by atoms with Crippen molar-refractivity contribution in [2.75, 3.05) is 26.7 Å². The lowest BCUT2D eigenvalue weighted by molar-refractivity contribution is -0.136. The van der Waals surface area contributed by atoms with Crippen LogP contribution in [0.15, 0.2) is 47.4 Å². The number of thioether (sulfide) groups is 1. The van der Waals surface area contributed by atoms with Gasteiger partial charge in [0, 0.05) is 13.1 Å². The molecule has 8 nitrogen and oxygen atoms in total. The fourth-order valence-electron chi connectivity index (χ4n) is 3.87. The van der Waals surface area contributed by atoms with E-state index in [4.69, 9.17) is 9.47 Å². The van der Waals surface area contributed by atoms with Gasteiger partial charge in [-0.2, -0.15) is 0 Å². The van der Waals surface area contributed by atoms with E-state index in [9.17, 15) is 19.2 Å². The van der Waals surface area contributed by atoms with Crippen molar-refractivity contribution in [1.29, 1.82) is 0 Å². The lowest BCUT2D eigenvalue weighted by Gasteiger charge is -2.27. The predicted molar refractivity (Wildman–Crippen MR) is 132 cm³/mol. The molecule has 2 aliphatic heterocycles. The maximum atomic E-state index is 12.8. The van der Waals surface area contributed by atoms with E-state index in [0.29, 0.717) is 30.0 Å². The number of methoxy groups -OCH3 is 1. The minimum absolute atomic E-state index is 0.213. The summed E-state index contributed by atoms with van der Waals surface area (Å²) in [4.78, 5) is 53.2. The molecule has 0 aromatic heterocycles. The molecule has 0 N–H and O–H groups in total. The average molecular weight is 495 g/mol. The fourth-order valence-corrected chi connectivity index (χ4v) is 4.71. The summed E-state index contributed by atoms with van der Waals surface area (Å²) in [7, 11) is 1.45. The summed E-state index contributed by atoms with van der Waals surface area (Å²) < 4.78 is 10.9. The number of imide groups is 1. The number of carbonyl (C=O) groups is 4. The van der Waals surface area contributed by atoms with Gasteiger partial charge >= 0.3 is 5.97 Å². The van der Waals surface area contributed by atoms with Crippen LogP contribution in [-0.2, 0) is 9.59 Å². The third-order valence-electron chi connectivity index (χ3n) is 5.85. The van der Waals surface area contributed by atoms with Gasteiger partial charge in [-0.3, -0.25) is 19.3 Å². The SMILES string of the molecule is COc1cc(/C=C2\SC(=O)N(CC(=O)N3CCCCC3)C2=O)ccc1OC(=O)c1ccc(C)cc1. The monoisotopic (exact) mass is 494 g/mol. The van der Waals surface area contributed by atoms with Gasteiger partial charge in [-0.05, 0) is 73.9 Å². The van der Waals surface area contributed by atoms with Gasteiger partial charge in [-0.25, -0.2) is 4.79 Å². The number of esters is 1. The first-order valence-corrected chi connectivity index (χ1v) is 12.2. The molecule has 182 valence electrons. The van der Waals surface area contributed by atoms with Gasteiger partial charge in [-0.15, -0.1) is 0 Å². The number of nitrogens with zero attached hydrogens (tertiary/aromatic N) is 2. The Morgan fingerprint density at radius 2 is 1.71 bits per heavy atom. The molecule has 2 fully saturated rings. The molecule has 0 radical (unpaired) electrons. The fraction of sp³-hybridized carbons (Fsp3) is 0.308. The quantitative estimate of drug-likeness (QED) is 0.336. The number of piperidine rings is 1. The van der Waals surface area contributed by atoms with E-state index < -0.39 is 17.1 Å². The Kier molecular flexibility index (Phi) is 7.55. The van der Waals surface area contributed by atoms with Gasteiger partial charge < -0.3 is 14.4 Å². The zero-order chi connectivity index (χ0) is 24.9. The minimum atomic E-state index is -0.518. The molecule has 0 aliphatic carbocycles. The highest BCUT2D eigenvalue weighted by Crippen LogP contribution is 2.35. The minimum Gasteiger partial charge on any atom is -0.493 e. The van der Waals surface area contributed by atoms with Crippen LogP contribution in [0.5, 0.6) is 11.5 Å². The normalized spacial score (nSPS) is 17.1. The molecule has 2 saturated heterocycles. The molecule has 2 aromatic rings.